The largest absolute Gasteiger partial charge is 0.491 e. The van der Waals surface area contributed by atoms with E-state index in [-0.39, 0.29) is 13.2 Å². The van der Waals surface area contributed by atoms with E-state index in [0.717, 1.165) is 33.6 Å². The normalized spacial score (nSPS) is 11.7. The standard InChI is InChI=1S/C26H27N5O4/c1-16-13-19(8-10-22(16)35-20-9-7-17(2)28-14-20)31-25-24-21(29-15-30-25)5-4-6-23(24)34-12-11-27-26(33)18(3)32/h4-10,13-15,18,32H,11-12H2,1-3H3,(H,27,33)(H,29,30,31). The van der Waals surface area contributed by atoms with Crippen LogP contribution in [0.4, 0.5) is 11.5 Å². The van der Waals surface area contributed by atoms with Crippen LogP contribution in [-0.2, 0) is 4.79 Å². The summed E-state index contributed by atoms with van der Waals surface area (Å²) in [6.07, 6.45) is 2.13. The number of anilines is 2. The molecule has 0 bridgehead atoms. The molecule has 0 saturated heterocycles. The molecule has 2 heterocycles. The van der Waals surface area contributed by atoms with Gasteiger partial charge in [-0.25, -0.2) is 9.97 Å². The zero-order chi connectivity index (χ0) is 24.8. The molecule has 9 nitrogen and oxygen atoms in total. The minimum atomic E-state index is -1.06. The Morgan fingerprint density at radius 3 is 2.66 bits per heavy atom. The maximum absolute atomic E-state index is 11.5. The molecule has 1 amide bonds. The Morgan fingerprint density at radius 2 is 1.91 bits per heavy atom. The second kappa shape index (κ2) is 10.8. The zero-order valence-electron chi connectivity index (χ0n) is 19.8. The van der Waals surface area contributed by atoms with Gasteiger partial charge in [0.25, 0.3) is 0 Å². The number of hydrogen-bond donors (Lipinski definition) is 3. The number of aliphatic hydroxyl groups excluding tert-OH is 1. The molecule has 4 aromatic rings. The van der Waals surface area contributed by atoms with Gasteiger partial charge in [-0.05, 0) is 68.8 Å². The van der Waals surface area contributed by atoms with Crippen molar-refractivity contribution in [1.82, 2.24) is 20.3 Å². The summed E-state index contributed by atoms with van der Waals surface area (Å²) in [7, 11) is 0. The van der Waals surface area contributed by atoms with Crippen molar-refractivity contribution < 1.29 is 19.4 Å². The fourth-order valence-electron chi connectivity index (χ4n) is 3.40. The first-order chi connectivity index (χ1) is 16.9. The Bertz CT molecular complexity index is 1320. The van der Waals surface area contributed by atoms with E-state index in [0.29, 0.717) is 17.3 Å². The Kier molecular flexibility index (Phi) is 7.37. The summed E-state index contributed by atoms with van der Waals surface area (Å²) < 4.78 is 11.9. The number of fused-ring (bicyclic) bond motifs is 1. The highest BCUT2D eigenvalue weighted by Gasteiger charge is 2.12. The molecule has 180 valence electrons. The van der Waals surface area contributed by atoms with Gasteiger partial charge >= 0.3 is 0 Å². The van der Waals surface area contributed by atoms with Gasteiger partial charge in [-0.2, -0.15) is 0 Å². The van der Waals surface area contributed by atoms with E-state index in [1.165, 1.54) is 13.3 Å². The van der Waals surface area contributed by atoms with Crippen molar-refractivity contribution >= 4 is 28.3 Å². The molecular weight excluding hydrogens is 446 g/mol. The van der Waals surface area contributed by atoms with Crippen molar-refractivity contribution in [3.05, 3.63) is 72.3 Å². The third kappa shape index (κ3) is 6.01. The van der Waals surface area contributed by atoms with Gasteiger partial charge in [0.1, 0.15) is 42.1 Å². The molecule has 0 saturated carbocycles. The molecule has 4 rings (SSSR count). The summed E-state index contributed by atoms with van der Waals surface area (Å²) in [4.78, 5) is 24.6. The number of pyridine rings is 1. The molecule has 0 aliphatic carbocycles. The van der Waals surface area contributed by atoms with Gasteiger partial charge in [0.15, 0.2) is 0 Å². The number of benzene rings is 2. The van der Waals surface area contributed by atoms with E-state index in [1.54, 1.807) is 6.20 Å². The summed E-state index contributed by atoms with van der Waals surface area (Å²) in [5.41, 5.74) is 3.42. The van der Waals surface area contributed by atoms with E-state index < -0.39 is 12.0 Å². The topological polar surface area (TPSA) is 118 Å². The molecule has 0 aliphatic rings. The highest BCUT2D eigenvalue weighted by molar-refractivity contribution is 5.95. The van der Waals surface area contributed by atoms with Crippen LogP contribution in [0.25, 0.3) is 10.9 Å². The van der Waals surface area contributed by atoms with Gasteiger partial charge in [0.2, 0.25) is 5.91 Å². The molecule has 0 fully saturated rings. The summed E-state index contributed by atoms with van der Waals surface area (Å²) in [5, 5.41) is 16.0. The molecule has 9 heteroatoms. The van der Waals surface area contributed by atoms with E-state index in [2.05, 4.69) is 25.6 Å². The second-order valence-electron chi connectivity index (χ2n) is 8.03. The Labute approximate surface area is 203 Å². The number of nitrogens with one attached hydrogen (secondary N) is 2. The highest BCUT2D eigenvalue weighted by atomic mass is 16.5. The van der Waals surface area contributed by atoms with Gasteiger partial charge in [-0.1, -0.05) is 6.07 Å². The molecule has 1 atom stereocenters. The second-order valence-corrected chi connectivity index (χ2v) is 8.03. The quantitative estimate of drug-likeness (QED) is 0.312. The van der Waals surface area contributed by atoms with Crippen LogP contribution in [0.15, 0.2) is 61.1 Å². The van der Waals surface area contributed by atoms with Crippen molar-refractivity contribution in [2.45, 2.75) is 26.9 Å². The van der Waals surface area contributed by atoms with Gasteiger partial charge in [0.05, 0.1) is 23.6 Å². The van der Waals surface area contributed by atoms with E-state index in [4.69, 9.17) is 9.47 Å². The molecule has 2 aromatic heterocycles. The first-order valence-corrected chi connectivity index (χ1v) is 11.2. The first-order valence-electron chi connectivity index (χ1n) is 11.2. The zero-order valence-corrected chi connectivity index (χ0v) is 19.8. The minimum Gasteiger partial charge on any atom is -0.491 e. The van der Waals surface area contributed by atoms with Crippen LogP contribution in [-0.4, -0.2) is 45.2 Å². The maximum atomic E-state index is 11.5. The lowest BCUT2D eigenvalue weighted by Crippen LogP contribution is -2.35. The SMILES string of the molecule is Cc1ccc(Oc2ccc(Nc3ncnc4cccc(OCCNC(=O)C(C)O)c34)cc2C)cn1. The average molecular weight is 474 g/mol. The lowest BCUT2D eigenvalue weighted by molar-refractivity contribution is -0.128. The number of ether oxygens (including phenoxy) is 2. The fraction of sp³-hybridized carbons (Fsp3) is 0.231. The van der Waals surface area contributed by atoms with Crippen LogP contribution >= 0.6 is 0 Å². The summed E-state index contributed by atoms with van der Waals surface area (Å²) in [6, 6.07) is 15.1. The van der Waals surface area contributed by atoms with Crippen LogP contribution in [0.1, 0.15) is 18.2 Å². The molecule has 0 spiro atoms. The number of rotatable bonds is 9. The number of hydrogen-bond acceptors (Lipinski definition) is 8. The molecule has 1 unspecified atom stereocenters. The van der Waals surface area contributed by atoms with E-state index >= 15 is 0 Å². The van der Waals surface area contributed by atoms with Crippen LogP contribution in [0.3, 0.4) is 0 Å². The van der Waals surface area contributed by atoms with Gasteiger partial charge in [0, 0.05) is 11.4 Å². The lowest BCUT2D eigenvalue weighted by atomic mass is 10.1. The molecule has 2 aromatic carbocycles. The number of carbonyl (C=O) groups excluding carboxylic acids is 1. The summed E-state index contributed by atoms with van der Waals surface area (Å²) >= 11 is 0. The van der Waals surface area contributed by atoms with Gasteiger partial charge in [-0.3, -0.25) is 9.78 Å². The van der Waals surface area contributed by atoms with Crippen LogP contribution in [0, 0.1) is 13.8 Å². The van der Waals surface area contributed by atoms with Crippen molar-refractivity contribution in [2.24, 2.45) is 0 Å². The third-order valence-corrected chi connectivity index (χ3v) is 5.21. The Morgan fingerprint density at radius 1 is 1.06 bits per heavy atom. The predicted molar refractivity (Wildman–Crippen MR) is 133 cm³/mol. The first kappa shape index (κ1) is 23.9. The molecular formula is C26H27N5O4. The molecule has 0 radical (unpaired) electrons. The van der Waals surface area contributed by atoms with Crippen molar-refractivity contribution in [1.29, 1.82) is 0 Å². The van der Waals surface area contributed by atoms with E-state index in [1.807, 2.05) is 62.4 Å². The Hall–Kier alpha value is -4.24. The maximum Gasteiger partial charge on any atom is 0.248 e. The number of amides is 1. The predicted octanol–water partition coefficient (Wildman–Crippen LogP) is 4.05. The van der Waals surface area contributed by atoms with Crippen LogP contribution in [0.2, 0.25) is 0 Å². The van der Waals surface area contributed by atoms with Gasteiger partial charge in [-0.15, -0.1) is 0 Å². The number of aromatic nitrogens is 3. The minimum absolute atomic E-state index is 0.227. The van der Waals surface area contributed by atoms with E-state index in [9.17, 15) is 9.90 Å². The van der Waals surface area contributed by atoms with Crippen LogP contribution < -0.4 is 20.1 Å². The Balaban J connectivity index is 1.51. The van der Waals surface area contributed by atoms with Crippen molar-refractivity contribution in [3.63, 3.8) is 0 Å². The van der Waals surface area contributed by atoms with Crippen molar-refractivity contribution in [3.8, 4) is 17.2 Å². The third-order valence-electron chi connectivity index (χ3n) is 5.21. The molecule has 35 heavy (non-hydrogen) atoms. The average Bonchev–Trinajstić information content (AvgIpc) is 2.84. The number of nitrogens with zero attached hydrogens (tertiary/aromatic N) is 3. The fourth-order valence-corrected chi connectivity index (χ4v) is 3.40. The number of carbonyl (C=O) groups is 1. The highest BCUT2D eigenvalue weighted by Crippen LogP contribution is 2.33. The van der Waals surface area contributed by atoms with Crippen molar-refractivity contribution in [2.75, 3.05) is 18.5 Å². The summed E-state index contributed by atoms with van der Waals surface area (Å²) in [6.45, 7) is 5.80. The van der Waals surface area contributed by atoms with Gasteiger partial charge < -0.3 is 25.2 Å². The van der Waals surface area contributed by atoms with Crippen LogP contribution in [0.5, 0.6) is 17.2 Å². The monoisotopic (exact) mass is 473 g/mol. The molecule has 0 aliphatic heterocycles. The number of aliphatic hydroxyl groups is 1. The number of aryl methyl sites for hydroxylation is 2. The molecule has 3 N–H and O–H groups in total. The lowest BCUT2D eigenvalue weighted by Gasteiger charge is -2.15. The summed E-state index contributed by atoms with van der Waals surface area (Å²) in [5.74, 6) is 2.14. The smallest absolute Gasteiger partial charge is 0.248 e.